The summed E-state index contributed by atoms with van der Waals surface area (Å²) in [7, 11) is 1.92. The molecule has 3 aromatic rings. The van der Waals surface area contributed by atoms with E-state index in [1.807, 2.05) is 42.2 Å². The number of benzene rings is 2. The molecule has 2 aromatic carbocycles. The number of hydrogen-bond donors (Lipinski definition) is 0. The highest BCUT2D eigenvalue weighted by atomic mass is 19.1. The summed E-state index contributed by atoms with van der Waals surface area (Å²) in [5.41, 5.74) is 4.29. The number of amides is 1. The summed E-state index contributed by atoms with van der Waals surface area (Å²) in [5, 5.41) is 4.37. The Labute approximate surface area is 199 Å². The number of halogens is 1. The minimum atomic E-state index is -0.506. The molecule has 2 aliphatic heterocycles. The number of aromatic nitrogens is 2. The van der Waals surface area contributed by atoms with Gasteiger partial charge in [-0.25, -0.2) is 4.39 Å². The number of ether oxygens (including phenoxy) is 1. The van der Waals surface area contributed by atoms with Gasteiger partial charge in [0, 0.05) is 42.5 Å². The van der Waals surface area contributed by atoms with E-state index in [1.54, 1.807) is 17.0 Å². The minimum absolute atomic E-state index is 0.195. The van der Waals surface area contributed by atoms with E-state index in [4.69, 9.17) is 4.74 Å². The van der Waals surface area contributed by atoms with E-state index in [2.05, 4.69) is 10.00 Å². The highest BCUT2D eigenvalue weighted by Gasteiger charge is 2.27. The molecule has 0 spiro atoms. The van der Waals surface area contributed by atoms with Crippen molar-refractivity contribution >= 4 is 11.6 Å². The monoisotopic (exact) mass is 462 g/mol. The second kappa shape index (κ2) is 9.97. The molecule has 1 aromatic heterocycles. The molecule has 0 N–H and O–H groups in total. The summed E-state index contributed by atoms with van der Waals surface area (Å²) < 4.78 is 22.4. The van der Waals surface area contributed by atoms with Crippen molar-refractivity contribution in [1.82, 2.24) is 14.7 Å². The van der Waals surface area contributed by atoms with Gasteiger partial charge in [-0.2, -0.15) is 5.10 Å². The maximum atomic E-state index is 14.9. The molecule has 6 nitrogen and oxygen atoms in total. The summed E-state index contributed by atoms with van der Waals surface area (Å²) >= 11 is 0. The van der Waals surface area contributed by atoms with Crippen LogP contribution in [0.25, 0.3) is 0 Å². The second-order valence-corrected chi connectivity index (χ2v) is 9.19. The van der Waals surface area contributed by atoms with Crippen molar-refractivity contribution in [1.29, 1.82) is 0 Å². The van der Waals surface area contributed by atoms with Crippen LogP contribution in [0.1, 0.15) is 52.9 Å². The van der Waals surface area contributed by atoms with Gasteiger partial charge in [0.25, 0.3) is 5.91 Å². The van der Waals surface area contributed by atoms with Crippen LogP contribution in [-0.4, -0.2) is 46.8 Å². The van der Waals surface area contributed by atoms with Crippen molar-refractivity contribution in [3.05, 3.63) is 76.9 Å². The average molecular weight is 463 g/mol. The third kappa shape index (κ3) is 4.71. The zero-order valence-corrected chi connectivity index (χ0v) is 19.7. The fourth-order valence-corrected chi connectivity index (χ4v) is 4.97. The van der Waals surface area contributed by atoms with Gasteiger partial charge in [0.15, 0.2) is 11.6 Å². The third-order valence-corrected chi connectivity index (χ3v) is 6.87. The second-order valence-electron chi connectivity index (χ2n) is 9.19. The number of aryl methyl sites for hydroxylation is 1. The zero-order chi connectivity index (χ0) is 23.5. The molecule has 1 fully saturated rings. The molecular weight excluding hydrogens is 431 g/mol. The van der Waals surface area contributed by atoms with E-state index in [1.165, 1.54) is 25.3 Å². The summed E-state index contributed by atoms with van der Waals surface area (Å²) in [5.74, 6) is -0.547. The van der Waals surface area contributed by atoms with E-state index < -0.39 is 5.82 Å². The number of hydrogen-bond acceptors (Lipinski definition) is 4. The Morgan fingerprint density at radius 1 is 1.09 bits per heavy atom. The SMILES string of the molecule is Cn1ncc2c1Cc1ccccc1N(C(=O)c1ccc(OCCCN3CCCCC3)c(F)c1)C2. The van der Waals surface area contributed by atoms with Crippen molar-refractivity contribution in [2.45, 2.75) is 38.6 Å². The Hall–Kier alpha value is -3.19. The summed E-state index contributed by atoms with van der Waals surface area (Å²) in [6.45, 7) is 4.12. The van der Waals surface area contributed by atoms with Crippen LogP contribution in [-0.2, 0) is 20.0 Å². The van der Waals surface area contributed by atoms with Gasteiger partial charge < -0.3 is 14.5 Å². The zero-order valence-electron chi connectivity index (χ0n) is 19.7. The normalized spacial score (nSPS) is 16.0. The Morgan fingerprint density at radius 3 is 2.74 bits per heavy atom. The van der Waals surface area contributed by atoms with Crippen LogP contribution in [0, 0.1) is 5.82 Å². The molecule has 0 bridgehead atoms. The number of para-hydroxylation sites is 1. The Bertz CT molecular complexity index is 1170. The van der Waals surface area contributed by atoms with Gasteiger partial charge in [-0.15, -0.1) is 0 Å². The lowest BCUT2D eigenvalue weighted by molar-refractivity contribution is 0.0984. The molecule has 0 atom stereocenters. The first kappa shape index (κ1) is 22.6. The van der Waals surface area contributed by atoms with Crippen LogP contribution in [0.15, 0.2) is 48.7 Å². The van der Waals surface area contributed by atoms with Crippen molar-refractivity contribution < 1.29 is 13.9 Å². The number of nitrogens with zero attached hydrogens (tertiary/aromatic N) is 4. The quantitative estimate of drug-likeness (QED) is 0.504. The lowest BCUT2D eigenvalue weighted by Gasteiger charge is -2.26. The maximum Gasteiger partial charge on any atom is 0.258 e. The fraction of sp³-hybridized carbons (Fsp3) is 0.407. The first-order valence-corrected chi connectivity index (χ1v) is 12.1. The summed E-state index contributed by atoms with van der Waals surface area (Å²) in [6, 6.07) is 12.4. The molecule has 1 saturated heterocycles. The maximum absolute atomic E-state index is 14.9. The number of anilines is 1. The topological polar surface area (TPSA) is 50.6 Å². The van der Waals surface area contributed by atoms with Gasteiger partial charge in [-0.3, -0.25) is 9.48 Å². The highest BCUT2D eigenvalue weighted by Crippen LogP contribution is 2.32. The van der Waals surface area contributed by atoms with Crippen LogP contribution in [0.3, 0.4) is 0 Å². The molecule has 5 rings (SSSR count). The molecule has 0 unspecified atom stereocenters. The summed E-state index contributed by atoms with van der Waals surface area (Å²) in [6.07, 6.45) is 7.20. The van der Waals surface area contributed by atoms with E-state index in [9.17, 15) is 9.18 Å². The molecule has 7 heteroatoms. The van der Waals surface area contributed by atoms with E-state index in [0.717, 1.165) is 48.6 Å². The molecule has 34 heavy (non-hydrogen) atoms. The molecular formula is C27H31FN4O2. The van der Waals surface area contributed by atoms with Crippen LogP contribution < -0.4 is 9.64 Å². The van der Waals surface area contributed by atoms with Gasteiger partial charge >= 0.3 is 0 Å². The predicted molar refractivity (Wildman–Crippen MR) is 130 cm³/mol. The van der Waals surface area contributed by atoms with Gasteiger partial charge in [0.1, 0.15) is 0 Å². The number of rotatable bonds is 6. The standard InChI is InChI=1S/C27H31FN4O2/c1-30-25-17-20-8-3-4-9-24(20)32(19-22(25)18-29-30)27(33)21-10-11-26(23(28)16-21)34-15-7-14-31-12-5-2-6-13-31/h3-4,8-11,16,18H,2,5-7,12-15,17,19H2,1H3. The smallest absolute Gasteiger partial charge is 0.258 e. The molecule has 0 radical (unpaired) electrons. The van der Waals surface area contributed by atoms with Crippen molar-refractivity contribution in [3.63, 3.8) is 0 Å². The minimum Gasteiger partial charge on any atom is -0.490 e. The van der Waals surface area contributed by atoms with Crippen LogP contribution in [0.5, 0.6) is 5.75 Å². The Morgan fingerprint density at radius 2 is 1.91 bits per heavy atom. The van der Waals surface area contributed by atoms with Crippen molar-refractivity contribution in [3.8, 4) is 5.75 Å². The van der Waals surface area contributed by atoms with Crippen molar-refractivity contribution in [2.24, 2.45) is 7.05 Å². The average Bonchev–Trinajstić information content (AvgIpc) is 3.10. The fourth-order valence-electron chi connectivity index (χ4n) is 4.97. The number of likely N-dealkylation sites (tertiary alicyclic amines) is 1. The predicted octanol–water partition coefficient (Wildman–Crippen LogP) is 4.57. The van der Waals surface area contributed by atoms with Crippen LogP contribution >= 0.6 is 0 Å². The van der Waals surface area contributed by atoms with Crippen LogP contribution in [0.2, 0.25) is 0 Å². The van der Waals surface area contributed by atoms with Gasteiger partial charge in [-0.05, 0) is 62.2 Å². The molecule has 0 aliphatic carbocycles. The highest BCUT2D eigenvalue weighted by molar-refractivity contribution is 6.06. The van der Waals surface area contributed by atoms with E-state index in [0.29, 0.717) is 25.1 Å². The molecule has 3 heterocycles. The number of piperidine rings is 1. The summed E-state index contributed by atoms with van der Waals surface area (Å²) in [4.78, 5) is 17.7. The van der Waals surface area contributed by atoms with Gasteiger partial charge in [0.2, 0.25) is 0 Å². The number of carbonyl (C=O) groups is 1. The number of carbonyl (C=O) groups excluding carboxylic acids is 1. The first-order chi connectivity index (χ1) is 16.6. The Kier molecular flexibility index (Phi) is 6.63. The van der Waals surface area contributed by atoms with E-state index >= 15 is 0 Å². The molecule has 1 amide bonds. The van der Waals surface area contributed by atoms with E-state index in [-0.39, 0.29) is 11.7 Å². The third-order valence-electron chi connectivity index (χ3n) is 6.87. The lowest BCUT2D eigenvalue weighted by Crippen LogP contribution is -2.31. The van der Waals surface area contributed by atoms with Gasteiger partial charge in [0.05, 0.1) is 19.3 Å². The van der Waals surface area contributed by atoms with Crippen LogP contribution in [0.4, 0.5) is 10.1 Å². The molecule has 0 saturated carbocycles. The van der Waals surface area contributed by atoms with Crippen molar-refractivity contribution in [2.75, 3.05) is 31.1 Å². The molecule has 178 valence electrons. The first-order valence-electron chi connectivity index (χ1n) is 12.1. The van der Waals surface area contributed by atoms with Gasteiger partial charge in [-0.1, -0.05) is 24.6 Å². The Balaban J connectivity index is 1.29. The number of fused-ring (bicyclic) bond motifs is 2. The largest absolute Gasteiger partial charge is 0.490 e. The lowest BCUT2D eigenvalue weighted by atomic mass is 10.1. The molecule has 2 aliphatic rings.